The van der Waals surface area contributed by atoms with Gasteiger partial charge in [0, 0.05) is 6.20 Å². The van der Waals surface area contributed by atoms with Gasteiger partial charge < -0.3 is 5.32 Å². The third-order valence-corrected chi connectivity index (χ3v) is 2.87. The predicted molar refractivity (Wildman–Crippen MR) is 70.9 cm³/mol. The van der Waals surface area contributed by atoms with Gasteiger partial charge in [-0.3, -0.25) is 4.98 Å². The highest BCUT2D eigenvalue weighted by Crippen LogP contribution is 2.23. The molecule has 4 heteroatoms. The molecule has 0 aliphatic heterocycles. The maximum absolute atomic E-state index is 13.5. The Balaban J connectivity index is 2.44. The number of halogens is 2. The summed E-state index contributed by atoms with van der Waals surface area (Å²) in [7, 11) is 0. The molecule has 2 nitrogen and oxygen atoms in total. The van der Waals surface area contributed by atoms with Gasteiger partial charge in [0.2, 0.25) is 0 Å². The van der Waals surface area contributed by atoms with Crippen molar-refractivity contribution in [1.82, 2.24) is 10.3 Å². The third kappa shape index (κ3) is 3.35. The van der Waals surface area contributed by atoms with Crippen LogP contribution in [0.25, 0.3) is 0 Å². The molecule has 0 bridgehead atoms. The molecule has 0 fully saturated rings. The van der Waals surface area contributed by atoms with E-state index in [2.05, 4.69) is 10.3 Å². The summed E-state index contributed by atoms with van der Waals surface area (Å²) < 4.78 is 26.8. The predicted octanol–water partition coefficient (Wildman–Crippen LogP) is 3.37. The zero-order chi connectivity index (χ0) is 13.8. The highest BCUT2D eigenvalue weighted by molar-refractivity contribution is 5.33. The Morgan fingerprint density at radius 2 is 1.79 bits per heavy atom. The van der Waals surface area contributed by atoms with Crippen LogP contribution >= 0.6 is 0 Å². The number of benzene rings is 1. The SMILES string of the molecule is CCNC(c1cncc(F)c1)c1cc(C)cc(F)c1. The summed E-state index contributed by atoms with van der Waals surface area (Å²) >= 11 is 0. The van der Waals surface area contributed by atoms with Gasteiger partial charge in [0.15, 0.2) is 0 Å². The molecule has 2 rings (SSSR count). The van der Waals surface area contributed by atoms with Crippen molar-refractivity contribution >= 4 is 0 Å². The summed E-state index contributed by atoms with van der Waals surface area (Å²) in [5, 5.41) is 3.22. The van der Waals surface area contributed by atoms with E-state index in [0.29, 0.717) is 12.1 Å². The van der Waals surface area contributed by atoms with Gasteiger partial charge in [0.05, 0.1) is 12.2 Å². The molecule has 1 N–H and O–H groups in total. The van der Waals surface area contributed by atoms with Crippen LogP contribution in [0, 0.1) is 18.6 Å². The molecule has 0 aliphatic carbocycles. The van der Waals surface area contributed by atoms with E-state index in [1.807, 2.05) is 19.9 Å². The topological polar surface area (TPSA) is 24.9 Å². The lowest BCUT2D eigenvalue weighted by Crippen LogP contribution is -2.22. The van der Waals surface area contributed by atoms with Crippen LogP contribution in [0.2, 0.25) is 0 Å². The Labute approximate surface area is 111 Å². The van der Waals surface area contributed by atoms with Crippen LogP contribution in [0.5, 0.6) is 0 Å². The van der Waals surface area contributed by atoms with E-state index in [-0.39, 0.29) is 11.9 Å². The fraction of sp³-hybridized carbons (Fsp3) is 0.267. The fourth-order valence-corrected chi connectivity index (χ4v) is 2.15. The Kier molecular flexibility index (Phi) is 4.22. The molecule has 1 atom stereocenters. The Hall–Kier alpha value is -1.81. The first-order valence-electron chi connectivity index (χ1n) is 6.21. The van der Waals surface area contributed by atoms with E-state index in [9.17, 15) is 8.78 Å². The summed E-state index contributed by atoms with van der Waals surface area (Å²) in [6.07, 6.45) is 2.75. The van der Waals surface area contributed by atoms with Crippen molar-refractivity contribution < 1.29 is 8.78 Å². The number of nitrogens with zero attached hydrogens (tertiary/aromatic N) is 1. The fourth-order valence-electron chi connectivity index (χ4n) is 2.15. The van der Waals surface area contributed by atoms with E-state index >= 15 is 0 Å². The van der Waals surface area contributed by atoms with Crippen LogP contribution < -0.4 is 5.32 Å². The smallest absolute Gasteiger partial charge is 0.141 e. The Bertz CT molecular complexity index is 550. The molecule has 1 aromatic carbocycles. The van der Waals surface area contributed by atoms with Crippen LogP contribution in [0.15, 0.2) is 36.7 Å². The van der Waals surface area contributed by atoms with Crippen molar-refractivity contribution in [3.63, 3.8) is 0 Å². The molecule has 0 radical (unpaired) electrons. The minimum absolute atomic E-state index is 0.261. The van der Waals surface area contributed by atoms with E-state index in [1.54, 1.807) is 6.20 Å². The number of aromatic nitrogens is 1. The van der Waals surface area contributed by atoms with Gasteiger partial charge in [-0.1, -0.05) is 13.0 Å². The molecule has 1 heterocycles. The zero-order valence-corrected chi connectivity index (χ0v) is 11.0. The molecule has 2 aromatic rings. The number of aryl methyl sites for hydroxylation is 1. The largest absolute Gasteiger partial charge is 0.306 e. The second kappa shape index (κ2) is 5.89. The Morgan fingerprint density at radius 3 is 2.42 bits per heavy atom. The first-order valence-corrected chi connectivity index (χ1v) is 6.21. The summed E-state index contributed by atoms with van der Waals surface area (Å²) in [5.74, 6) is -0.684. The maximum Gasteiger partial charge on any atom is 0.141 e. The quantitative estimate of drug-likeness (QED) is 0.913. The first kappa shape index (κ1) is 13.6. The number of hydrogen-bond acceptors (Lipinski definition) is 2. The first-order chi connectivity index (χ1) is 9.10. The molecule has 19 heavy (non-hydrogen) atoms. The average Bonchev–Trinajstić information content (AvgIpc) is 2.34. The highest BCUT2D eigenvalue weighted by Gasteiger charge is 2.15. The second-order valence-corrected chi connectivity index (χ2v) is 4.49. The van der Waals surface area contributed by atoms with Crippen molar-refractivity contribution in [2.24, 2.45) is 0 Å². The van der Waals surface area contributed by atoms with Gasteiger partial charge in [0.25, 0.3) is 0 Å². The second-order valence-electron chi connectivity index (χ2n) is 4.49. The van der Waals surface area contributed by atoms with Crippen molar-refractivity contribution in [1.29, 1.82) is 0 Å². The van der Waals surface area contributed by atoms with Crippen LogP contribution in [-0.4, -0.2) is 11.5 Å². The lowest BCUT2D eigenvalue weighted by Gasteiger charge is -2.19. The molecule has 0 saturated heterocycles. The van der Waals surface area contributed by atoms with Crippen LogP contribution in [-0.2, 0) is 0 Å². The normalized spacial score (nSPS) is 12.4. The standard InChI is InChI=1S/C15H16F2N2/c1-3-19-15(12-7-14(17)9-18-8-12)11-4-10(2)5-13(16)6-11/h4-9,15,19H,3H2,1-2H3. The van der Waals surface area contributed by atoms with Crippen molar-refractivity contribution in [3.8, 4) is 0 Å². The van der Waals surface area contributed by atoms with E-state index in [0.717, 1.165) is 17.3 Å². The zero-order valence-electron chi connectivity index (χ0n) is 11.0. The maximum atomic E-state index is 13.5. The Morgan fingerprint density at radius 1 is 1.05 bits per heavy atom. The molecule has 1 unspecified atom stereocenters. The van der Waals surface area contributed by atoms with Crippen molar-refractivity contribution in [2.45, 2.75) is 19.9 Å². The van der Waals surface area contributed by atoms with Gasteiger partial charge in [-0.2, -0.15) is 0 Å². The lowest BCUT2D eigenvalue weighted by molar-refractivity contribution is 0.587. The summed E-state index contributed by atoms with van der Waals surface area (Å²) in [5.41, 5.74) is 2.29. The molecule has 0 amide bonds. The number of hydrogen-bond donors (Lipinski definition) is 1. The molecule has 0 spiro atoms. The summed E-state index contributed by atoms with van der Waals surface area (Å²) in [6.45, 7) is 4.47. The van der Waals surface area contributed by atoms with Crippen molar-refractivity contribution in [2.75, 3.05) is 6.54 Å². The minimum Gasteiger partial charge on any atom is -0.306 e. The van der Waals surface area contributed by atoms with Gasteiger partial charge in [-0.25, -0.2) is 8.78 Å². The molecular weight excluding hydrogens is 246 g/mol. The van der Waals surface area contributed by atoms with Gasteiger partial charge in [-0.15, -0.1) is 0 Å². The van der Waals surface area contributed by atoms with E-state index in [1.165, 1.54) is 18.2 Å². The lowest BCUT2D eigenvalue weighted by atomic mass is 9.98. The molecule has 1 aromatic heterocycles. The number of rotatable bonds is 4. The average molecular weight is 262 g/mol. The molecule has 0 saturated carbocycles. The van der Waals surface area contributed by atoms with Gasteiger partial charge in [0.1, 0.15) is 11.6 Å². The summed E-state index contributed by atoms with van der Waals surface area (Å²) in [4.78, 5) is 3.85. The van der Waals surface area contributed by atoms with Gasteiger partial charge >= 0.3 is 0 Å². The molecular formula is C15H16F2N2. The van der Waals surface area contributed by atoms with Crippen molar-refractivity contribution in [3.05, 3.63) is 65.0 Å². The van der Waals surface area contributed by atoms with Crippen LogP contribution in [0.1, 0.15) is 29.7 Å². The van der Waals surface area contributed by atoms with E-state index < -0.39 is 5.82 Å². The highest BCUT2D eigenvalue weighted by atomic mass is 19.1. The third-order valence-electron chi connectivity index (χ3n) is 2.87. The molecule has 100 valence electrons. The van der Waals surface area contributed by atoms with E-state index in [4.69, 9.17) is 0 Å². The summed E-state index contributed by atoms with van der Waals surface area (Å²) in [6, 6.07) is 5.98. The number of pyridine rings is 1. The molecule has 0 aliphatic rings. The number of nitrogens with one attached hydrogen (secondary N) is 1. The van der Waals surface area contributed by atoms with Gasteiger partial charge in [-0.05, 0) is 48.4 Å². The minimum atomic E-state index is -0.395. The van der Waals surface area contributed by atoms with Crippen LogP contribution in [0.3, 0.4) is 0 Å². The van der Waals surface area contributed by atoms with Crippen LogP contribution in [0.4, 0.5) is 8.78 Å². The monoisotopic (exact) mass is 262 g/mol.